The number of para-hydroxylation sites is 2. The number of carbonyl (C=O) groups is 1. The molecule has 2 N–H and O–H groups in total. The van der Waals surface area contributed by atoms with Crippen LogP contribution in [0.15, 0.2) is 46.3 Å². The molecule has 1 unspecified atom stereocenters. The van der Waals surface area contributed by atoms with E-state index in [4.69, 9.17) is 4.42 Å². The standard InChI is InChI=1S/C14H14N4O2S/c1-9(13-15-6-7-16-13)17-12(19)8-21-14-18-10-4-2-3-5-11(10)20-14/h2-7,9H,8H2,1H3,(H,15,16)(H,17,19). The molecule has 1 aromatic carbocycles. The Morgan fingerprint density at radius 2 is 2.33 bits per heavy atom. The molecule has 0 bridgehead atoms. The summed E-state index contributed by atoms with van der Waals surface area (Å²) in [5, 5.41) is 3.36. The van der Waals surface area contributed by atoms with E-state index in [0.717, 1.165) is 16.9 Å². The number of oxazole rings is 1. The number of nitrogens with one attached hydrogen (secondary N) is 2. The second-order valence-electron chi connectivity index (χ2n) is 4.50. The highest BCUT2D eigenvalue weighted by Crippen LogP contribution is 2.23. The van der Waals surface area contributed by atoms with E-state index in [0.29, 0.717) is 5.22 Å². The number of hydrogen-bond acceptors (Lipinski definition) is 5. The zero-order chi connectivity index (χ0) is 14.7. The van der Waals surface area contributed by atoms with E-state index in [1.165, 1.54) is 11.8 Å². The Morgan fingerprint density at radius 3 is 3.10 bits per heavy atom. The van der Waals surface area contributed by atoms with Gasteiger partial charge in [0.25, 0.3) is 5.22 Å². The van der Waals surface area contributed by atoms with Crippen LogP contribution in [0.1, 0.15) is 18.8 Å². The van der Waals surface area contributed by atoms with Gasteiger partial charge in [-0.2, -0.15) is 0 Å². The summed E-state index contributed by atoms with van der Waals surface area (Å²) in [4.78, 5) is 23.3. The van der Waals surface area contributed by atoms with Crippen molar-refractivity contribution in [1.82, 2.24) is 20.3 Å². The quantitative estimate of drug-likeness (QED) is 0.708. The maximum absolute atomic E-state index is 11.9. The van der Waals surface area contributed by atoms with Crippen LogP contribution in [-0.4, -0.2) is 26.6 Å². The molecule has 0 spiro atoms. The Labute approximate surface area is 125 Å². The number of amides is 1. The number of hydrogen-bond donors (Lipinski definition) is 2. The van der Waals surface area contributed by atoms with Crippen LogP contribution in [0.5, 0.6) is 0 Å². The molecule has 7 heteroatoms. The molecule has 1 atom stereocenters. The molecule has 2 aromatic heterocycles. The molecule has 108 valence electrons. The Hall–Kier alpha value is -2.28. The Balaban J connectivity index is 1.56. The van der Waals surface area contributed by atoms with E-state index in [1.807, 2.05) is 31.2 Å². The summed E-state index contributed by atoms with van der Waals surface area (Å²) >= 11 is 1.27. The molecule has 0 saturated heterocycles. The molecular formula is C14H14N4O2S. The first kappa shape index (κ1) is 13.7. The predicted octanol–water partition coefficient (Wildman–Crippen LogP) is 2.52. The van der Waals surface area contributed by atoms with Crippen molar-refractivity contribution in [1.29, 1.82) is 0 Å². The van der Waals surface area contributed by atoms with Crippen LogP contribution in [0.25, 0.3) is 11.1 Å². The molecule has 1 amide bonds. The number of fused-ring (bicyclic) bond motifs is 1. The maximum atomic E-state index is 11.9. The lowest BCUT2D eigenvalue weighted by molar-refractivity contribution is -0.119. The zero-order valence-electron chi connectivity index (χ0n) is 11.4. The summed E-state index contributed by atoms with van der Waals surface area (Å²) in [5.41, 5.74) is 1.52. The number of H-pyrrole nitrogens is 1. The largest absolute Gasteiger partial charge is 0.431 e. The van der Waals surface area contributed by atoms with Crippen molar-refractivity contribution in [2.75, 3.05) is 5.75 Å². The van der Waals surface area contributed by atoms with Gasteiger partial charge in [0.2, 0.25) is 5.91 Å². The fourth-order valence-electron chi connectivity index (χ4n) is 1.91. The molecule has 0 aliphatic heterocycles. The fraction of sp³-hybridized carbons (Fsp3) is 0.214. The summed E-state index contributed by atoms with van der Waals surface area (Å²) < 4.78 is 5.55. The number of thioether (sulfide) groups is 1. The third-order valence-electron chi connectivity index (χ3n) is 2.91. The lowest BCUT2D eigenvalue weighted by Crippen LogP contribution is -2.28. The van der Waals surface area contributed by atoms with Gasteiger partial charge in [-0.15, -0.1) is 0 Å². The van der Waals surface area contributed by atoms with Crippen molar-refractivity contribution in [2.45, 2.75) is 18.2 Å². The minimum Gasteiger partial charge on any atom is -0.431 e. The minimum absolute atomic E-state index is 0.0915. The van der Waals surface area contributed by atoms with Crippen molar-refractivity contribution >= 4 is 28.8 Å². The fourth-order valence-corrected chi connectivity index (χ4v) is 2.56. The van der Waals surface area contributed by atoms with Gasteiger partial charge < -0.3 is 14.7 Å². The maximum Gasteiger partial charge on any atom is 0.257 e. The molecule has 6 nitrogen and oxygen atoms in total. The second kappa shape index (κ2) is 6.01. The second-order valence-corrected chi connectivity index (χ2v) is 5.43. The first-order valence-corrected chi connectivity index (χ1v) is 7.48. The highest BCUT2D eigenvalue weighted by atomic mass is 32.2. The van der Waals surface area contributed by atoms with Crippen molar-refractivity contribution in [3.63, 3.8) is 0 Å². The number of rotatable bonds is 5. The highest BCUT2D eigenvalue weighted by molar-refractivity contribution is 7.99. The van der Waals surface area contributed by atoms with Gasteiger partial charge in [0.05, 0.1) is 11.8 Å². The van der Waals surface area contributed by atoms with Crippen LogP contribution < -0.4 is 5.32 Å². The van der Waals surface area contributed by atoms with Crippen LogP contribution in [-0.2, 0) is 4.79 Å². The van der Waals surface area contributed by atoms with Gasteiger partial charge in [0.1, 0.15) is 11.3 Å². The van der Waals surface area contributed by atoms with E-state index in [2.05, 4.69) is 20.3 Å². The summed E-state index contributed by atoms with van der Waals surface area (Å²) in [6.45, 7) is 1.88. The van der Waals surface area contributed by atoms with Gasteiger partial charge in [-0.25, -0.2) is 9.97 Å². The first-order valence-electron chi connectivity index (χ1n) is 6.49. The van der Waals surface area contributed by atoms with Gasteiger partial charge in [0, 0.05) is 12.4 Å². The molecule has 0 aliphatic carbocycles. The topological polar surface area (TPSA) is 83.8 Å². The molecule has 3 rings (SSSR count). The monoisotopic (exact) mass is 302 g/mol. The Bertz CT molecular complexity index is 705. The van der Waals surface area contributed by atoms with Crippen LogP contribution in [0.2, 0.25) is 0 Å². The van der Waals surface area contributed by atoms with Gasteiger partial charge in [-0.05, 0) is 19.1 Å². The Kier molecular flexibility index (Phi) is 3.92. The zero-order valence-corrected chi connectivity index (χ0v) is 12.2. The van der Waals surface area contributed by atoms with Crippen molar-refractivity contribution in [3.8, 4) is 0 Å². The number of imidazole rings is 1. The smallest absolute Gasteiger partial charge is 0.257 e. The molecular weight excluding hydrogens is 288 g/mol. The summed E-state index contributed by atoms with van der Waals surface area (Å²) in [7, 11) is 0. The van der Waals surface area contributed by atoms with E-state index in [1.54, 1.807) is 12.4 Å². The molecule has 0 aliphatic rings. The van der Waals surface area contributed by atoms with E-state index >= 15 is 0 Å². The molecule has 21 heavy (non-hydrogen) atoms. The van der Waals surface area contributed by atoms with Crippen molar-refractivity contribution in [2.24, 2.45) is 0 Å². The number of aromatic amines is 1. The number of carbonyl (C=O) groups excluding carboxylic acids is 1. The number of aromatic nitrogens is 3. The molecule has 2 heterocycles. The van der Waals surface area contributed by atoms with Gasteiger partial charge >= 0.3 is 0 Å². The minimum atomic E-state index is -0.156. The average molecular weight is 302 g/mol. The van der Waals surface area contributed by atoms with Crippen molar-refractivity contribution < 1.29 is 9.21 Å². The number of nitrogens with zero attached hydrogens (tertiary/aromatic N) is 2. The van der Waals surface area contributed by atoms with Crippen molar-refractivity contribution in [3.05, 3.63) is 42.5 Å². The summed E-state index contributed by atoms with van der Waals surface area (Å²) in [6, 6.07) is 7.36. The number of benzene rings is 1. The third kappa shape index (κ3) is 3.25. The average Bonchev–Trinajstić information content (AvgIpc) is 3.14. The van der Waals surface area contributed by atoms with E-state index < -0.39 is 0 Å². The summed E-state index contributed by atoms with van der Waals surface area (Å²) in [6.07, 6.45) is 3.39. The first-order chi connectivity index (χ1) is 10.2. The van der Waals surface area contributed by atoms with Gasteiger partial charge in [-0.1, -0.05) is 23.9 Å². The molecule has 0 fully saturated rings. The van der Waals surface area contributed by atoms with E-state index in [9.17, 15) is 4.79 Å². The van der Waals surface area contributed by atoms with Crippen LogP contribution >= 0.6 is 11.8 Å². The van der Waals surface area contributed by atoms with Crippen LogP contribution in [0.3, 0.4) is 0 Å². The summed E-state index contributed by atoms with van der Waals surface area (Å²) in [5.74, 6) is 0.888. The van der Waals surface area contributed by atoms with Crippen LogP contribution in [0, 0.1) is 0 Å². The lowest BCUT2D eigenvalue weighted by atomic mass is 10.3. The predicted molar refractivity (Wildman–Crippen MR) is 79.9 cm³/mol. The normalized spacial score (nSPS) is 12.4. The SMILES string of the molecule is CC(NC(=O)CSc1nc2ccccc2o1)c1ncc[nH]1. The van der Waals surface area contributed by atoms with Gasteiger partial charge in [-0.3, -0.25) is 4.79 Å². The molecule has 0 saturated carbocycles. The van der Waals surface area contributed by atoms with Crippen LogP contribution in [0.4, 0.5) is 0 Å². The lowest BCUT2D eigenvalue weighted by Gasteiger charge is -2.10. The molecule has 3 aromatic rings. The molecule has 0 radical (unpaired) electrons. The van der Waals surface area contributed by atoms with E-state index in [-0.39, 0.29) is 17.7 Å². The Morgan fingerprint density at radius 1 is 1.48 bits per heavy atom. The van der Waals surface area contributed by atoms with Gasteiger partial charge in [0.15, 0.2) is 5.58 Å². The third-order valence-corrected chi connectivity index (χ3v) is 3.74. The highest BCUT2D eigenvalue weighted by Gasteiger charge is 2.13.